The number of thioether (sulfide) groups is 1. The van der Waals surface area contributed by atoms with Gasteiger partial charge >= 0.3 is 5.97 Å². The molecule has 1 fully saturated rings. The van der Waals surface area contributed by atoms with Gasteiger partial charge < -0.3 is 9.64 Å². The van der Waals surface area contributed by atoms with Crippen LogP contribution in [0.1, 0.15) is 28.1 Å². The van der Waals surface area contributed by atoms with E-state index in [-0.39, 0.29) is 24.1 Å². The molecule has 1 aromatic heterocycles. The predicted octanol–water partition coefficient (Wildman–Crippen LogP) is 3.53. The third-order valence-electron chi connectivity index (χ3n) is 3.96. The Bertz CT molecular complexity index is 789. The number of Topliss-reactive ketones (excluding diaryl/α,β-unsaturated/α-hetero) is 1. The molecule has 3 rings (SSSR count). The number of nitrogens with zero attached hydrogens (tertiary/aromatic N) is 1. The van der Waals surface area contributed by atoms with E-state index in [0.717, 1.165) is 17.9 Å². The van der Waals surface area contributed by atoms with E-state index >= 15 is 0 Å². The SMILES string of the molecule is O=C(CSCc1cccs1)OCC(=O)c1cccc(N2CCCC2=O)c1. The number of hydrogen-bond acceptors (Lipinski definition) is 6. The van der Waals surface area contributed by atoms with Crippen LogP contribution in [-0.2, 0) is 20.1 Å². The first-order chi connectivity index (χ1) is 12.6. The van der Waals surface area contributed by atoms with E-state index in [1.165, 1.54) is 16.6 Å². The number of carbonyl (C=O) groups is 3. The van der Waals surface area contributed by atoms with E-state index < -0.39 is 5.97 Å². The lowest BCUT2D eigenvalue weighted by molar-refractivity contribution is -0.139. The largest absolute Gasteiger partial charge is 0.457 e. The number of rotatable bonds is 8. The number of benzene rings is 1. The summed E-state index contributed by atoms with van der Waals surface area (Å²) in [5, 5.41) is 2.00. The molecule has 136 valence electrons. The summed E-state index contributed by atoms with van der Waals surface area (Å²) in [5.41, 5.74) is 1.16. The molecule has 0 atom stereocenters. The van der Waals surface area contributed by atoms with Crippen LogP contribution in [0.3, 0.4) is 0 Å². The van der Waals surface area contributed by atoms with Gasteiger partial charge in [-0.15, -0.1) is 23.1 Å². The van der Waals surface area contributed by atoms with Gasteiger partial charge in [0, 0.05) is 34.8 Å². The van der Waals surface area contributed by atoms with Gasteiger partial charge in [0.1, 0.15) is 0 Å². The lowest BCUT2D eigenvalue weighted by Crippen LogP contribution is -2.24. The Balaban J connectivity index is 1.47. The van der Waals surface area contributed by atoms with Gasteiger partial charge in [-0.25, -0.2) is 0 Å². The average Bonchev–Trinajstić information content (AvgIpc) is 3.31. The van der Waals surface area contributed by atoms with Crippen LogP contribution in [0, 0.1) is 0 Å². The summed E-state index contributed by atoms with van der Waals surface area (Å²) in [6, 6.07) is 10.9. The molecular weight excluding hydrogens is 370 g/mol. The maximum absolute atomic E-state index is 12.3. The third kappa shape index (κ3) is 4.95. The van der Waals surface area contributed by atoms with E-state index in [4.69, 9.17) is 4.74 Å². The molecule has 1 aromatic carbocycles. The minimum atomic E-state index is -0.397. The third-order valence-corrected chi connectivity index (χ3v) is 5.98. The number of ketones is 1. The lowest BCUT2D eigenvalue weighted by atomic mass is 10.1. The molecule has 0 unspecified atom stereocenters. The van der Waals surface area contributed by atoms with Crippen molar-refractivity contribution in [2.75, 3.05) is 23.8 Å². The summed E-state index contributed by atoms with van der Waals surface area (Å²) >= 11 is 3.11. The highest BCUT2D eigenvalue weighted by Crippen LogP contribution is 2.22. The number of amides is 1. The molecule has 0 radical (unpaired) electrons. The zero-order chi connectivity index (χ0) is 18.4. The summed E-state index contributed by atoms with van der Waals surface area (Å²) < 4.78 is 5.08. The smallest absolute Gasteiger partial charge is 0.316 e. The van der Waals surface area contributed by atoms with Gasteiger partial charge in [0.15, 0.2) is 12.4 Å². The lowest BCUT2D eigenvalue weighted by Gasteiger charge is -2.16. The van der Waals surface area contributed by atoms with Crippen molar-refractivity contribution in [1.29, 1.82) is 0 Å². The molecule has 0 saturated carbocycles. The molecule has 0 bridgehead atoms. The number of thiophene rings is 1. The van der Waals surface area contributed by atoms with Gasteiger partial charge in [0.2, 0.25) is 5.91 Å². The molecule has 0 spiro atoms. The summed E-state index contributed by atoms with van der Waals surface area (Å²) in [5.74, 6) is 0.379. The molecule has 1 saturated heterocycles. The summed E-state index contributed by atoms with van der Waals surface area (Å²) in [6.45, 7) is 0.392. The number of hydrogen-bond donors (Lipinski definition) is 0. The van der Waals surface area contributed by atoms with Gasteiger partial charge in [-0.3, -0.25) is 14.4 Å². The molecule has 2 aromatic rings. The van der Waals surface area contributed by atoms with E-state index in [0.29, 0.717) is 18.5 Å². The van der Waals surface area contributed by atoms with Crippen molar-refractivity contribution in [2.24, 2.45) is 0 Å². The minimum Gasteiger partial charge on any atom is -0.457 e. The Hall–Kier alpha value is -2.12. The highest BCUT2D eigenvalue weighted by atomic mass is 32.2. The van der Waals surface area contributed by atoms with Crippen LogP contribution in [0.4, 0.5) is 5.69 Å². The number of esters is 1. The first-order valence-electron chi connectivity index (χ1n) is 8.33. The van der Waals surface area contributed by atoms with Crippen molar-refractivity contribution in [3.05, 3.63) is 52.2 Å². The molecule has 26 heavy (non-hydrogen) atoms. The van der Waals surface area contributed by atoms with Crippen LogP contribution >= 0.6 is 23.1 Å². The molecule has 2 heterocycles. The molecule has 5 nitrogen and oxygen atoms in total. The topological polar surface area (TPSA) is 63.7 Å². The van der Waals surface area contributed by atoms with Gasteiger partial charge in [-0.05, 0) is 30.0 Å². The Kier molecular flexibility index (Phi) is 6.46. The molecule has 1 aliphatic heterocycles. The van der Waals surface area contributed by atoms with E-state index in [9.17, 15) is 14.4 Å². The zero-order valence-corrected chi connectivity index (χ0v) is 15.8. The van der Waals surface area contributed by atoms with Crippen LogP contribution < -0.4 is 4.90 Å². The Morgan fingerprint density at radius 1 is 1.23 bits per heavy atom. The summed E-state index contributed by atoms with van der Waals surface area (Å²) in [7, 11) is 0. The molecule has 1 amide bonds. The van der Waals surface area contributed by atoms with Gasteiger partial charge in [0.05, 0.1) is 5.75 Å². The second-order valence-electron chi connectivity index (χ2n) is 5.86. The fraction of sp³-hybridized carbons (Fsp3) is 0.316. The Morgan fingerprint density at radius 3 is 2.85 bits per heavy atom. The van der Waals surface area contributed by atoms with Crippen molar-refractivity contribution in [3.8, 4) is 0 Å². The molecule has 1 aliphatic rings. The van der Waals surface area contributed by atoms with Gasteiger partial charge in [-0.2, -0.15) is 0 Å². The van der Waals surface area contributed by atoms with Crippen LogP contribution in [0.2, 0.25) is 0 Å². The highest BCUT2D eigenvalue weighted by molar-refractivity contribution is 7.99. The van der Waals surface area contributed by atoms with Gasteiger partial charge in [0.25, 0.3) is 0 Å². The zero-order valence-electron chi connectivity index (χ0n) is 14.2. The van der Waals surface area contributed by atoms with Crippen LogP contribution in [0.15, 0.2) is 41.8 Å². The fourth-order valence-electron chi connectivity index (χ4n) is 2.67. The standard InChI is InChI=1S/C19H19NO4S2/c21-17(11-24-19(23)13-25-12-16-6-3-9-26-16)14-4-1-5-15(10-14)20-8-2-7-18(20)22/h1,3-6,9-10H,2,7-8,11-13H2. The summed E-state index contributed by atoms with van der Waals surface area (Å²) in [4.78, 5) is 38.8. The Morgan fingerprint density at radius 2 is 2.12 bits per heavy atom. The van der Waals surface area contributed by atoms with Crippen molar-refractivity contribution in [1.82, 2.24) is 0 Å². The fourth-order valence-corrected chi connectivity index (χ4v) is 4.33. The predicted molar refractivity (Wildman–Crippen MR) is 104 cm³/mol. The van der Waals surface area contributed by atoms with Crippen molar-refractivity contribution in [3.63, 3.8) is 0 Å². The highest BCUT2D eigenvalue weighted by Gasteiger charge is 2.22. The van der Waals surface area contributed by atoms with Gasteiger partial charge in [-0.1, -0.05) is 18.2 Å². The average molecular weight is 389 g/mol. The molecule has 7 heteroatoms. The molecular formula is C19H19NO4S2. The summed E-state index contributed by atoms with van der Waals surface area (Å²) in [6.07, 6.45) is 1.37. The number of ether oxygens (including phenoxy) is 1. The van der Waals surface area contributed by atoms with E-state index in [2.05, 4.69) is 0 Å². The number of carbonyl (C=O) groups excluding carboxylic acids is 3. The maximum Gasteiger partial charge on any atom is 0.316 e. The second kappa shape index (κ2) is 9.00. The monoisotopic (exact) mass is 389 g/mol. The van der Waals surface area contributed by atoms with Crippen molar-refractivity contribution in [2.45, 2.75) is 18.6 Å². The first-order valence-corrected chi connectivity index (χ1v) is 10.4. The second-order valence-corrected chi connectivity index (χ2v) is 7.87. The van der Waals surface area contributed by atoms with Crippen LogP contribution in [0.25, 0.3) is 0 Å². The number of anilines is 1. The Labute approximate surface area is 160 Å². The normalized spacial score (nSPS) is 13.8. The molecule has 0 aliphatic carbocycles. The van der Waals surface area contributed by atoms with Crippen LogP contribution in [0.5, 0.6) is 0 Å². The minimum absolute atomic E-state index is 0.0730. The maximum atomic E-state index is 12.3. The van der Waals surface area contributed by atoms with Crippen molar-refractivity contribution < 1.29 is 19.1 Å². The van der Waals surface area contributed by atoms with Crippen molar-refractivity contribution >= 4 is 46.4 Å². The van der Waals surface area contributed by atoms with E-state index in [1.54, 1.807) is 34.4 Å². The van der Waals surface area contributed by atoms with Crippen LogP contribution in [-0.4, -0.2) is 36.6 Å². The van der Waals surface area contributed by atoms with E-state index in [1.807, 2.05) is 23.6 Å². The first kappa shape index (κ1) is 18.7. The quantitative estimate of drug-likeness (QED) is 0.510. The molecule has 0 N–H and O–H groups in total.